The molecule has 0 amide bonds. The van der Waals surface area contributed by atoms with Crippen LogP contribution in [0.4, 0.5) is 10.1 Å². The summed E-state index contributed by atoms with van der Waals surface area (Å²) >= 11 is 1.61. The second-order valence-corrected chi connectivity index (χ2v) is 5.94. The molecule has 0 aliphatic carbocycles. The quantitative estimate of drug-likeness (QED) is 0.698. The van der Waals surface area contributed by atoms with E-state index in [0.29, 0.717) is 11.4 Å². The molecule has 0 fully saturated rings. The maximum atomic E-state index is 13.0. The third kappa shape index (κ3) is 2.80. The minimum absolute atomic E-state index is 0.299. The van der Waals surface area contributed by atoms with Crippen molar-refractivity contribution in [2.24, 2.45) is 0 Å². The molecule has 4 nitrogen and oxygen atoms in total. The van der Waals surface area contributed by atoms with Gasteiger partial charge in [-0.05, 0) is 30.5 Å². The van der Waals surface area contributed by atoms with Crippen LogP contribution in [0.5, 0.6) is 0 Å². The number of hydrogen-bond donors (Lipinski definition) is 1. The third-order valence-corrected chi connectivity index (χ3v) is 4.56. The molecule has 0 atom stereocenters. The van der Waals surface area contributed by atoms with Gasteiger partial charge in [-0.1, -0.05) is 24.2 Å². The van der Waals surface area contributed by atoms with E-state index in [1.807, 2.05) is 0 Å². The number of benzene rings is 1. The summed E-state index contributed by atoms with van der Waals surface area (Å²) in [7, 11) is 0. The Kier molecular flexibility index (Phi) is 3.91. The Hall–Kier alpha value is -1.56. The van der Waals surface area contributed by atoms with Crippen molar-refractivity contribution >= 4 is 17.4 Å². The van der Waals surface area contributed by atoms with Gasteiger partial charge in [0.15, 0.2) is 5.16 Å². The van der Waals surface area contributed by atoms with Gasteiger partial charge in [0.1, 0.15) is 11.6 Å². The lowest BCUT2D eigenvalue weighted by Crippen LogP contribution is -2.02. The minimum Gasteiger partial charge on any atom is -0.398 e. The number of nitrogen functional groups attached to an aromatic ring is 1. The van der Waals surface area contributed by atoms with Crippen LogP contribution >= 0.6 is 11.8 Å². The zero-order valence-electron chi connectivity index (χ0n) is 11.2. The van der Waals surface area contributed by atoms with Crippen molar-refractivity contribution in [3.05, 3.63) is 35.4 Å². The number of halogens is 1. The van der Waals surface area contributed by atoms with E-state index < -0.39 is 0 Å². The molecule has 1 aliphatic heterocycles. The van der Waals surface area contributed by atoms with Crippen LogP contribution in [0.15, 0.2) is 23.4 Å². The zero-order chi connectivity index (χ0) is 13.9. The van der Waals surface area contributed by atoms with E-state index in [1.54, 1.807) is 17.8 Å². The monoisotopic (exact) mass is 292 g/mol. The summed E-state index contributed by atoms with van der Waals surface area (Å²) in [5, 5.41) is 9.46. The molecular weight excluding hydrogens is 275 g/mol. The van der Waals surface area contributed by atoms with Crippen LogP contribution < -0.4 is 5.73 Å². The third-order valence-electron chi connectivity index (χ3n) is 3.54. The molecule has 0 saturated carbocycles. The van der Waals surface area contributed by atoms with Crippen molar-refractivity contribution in [1.29, 1.82) is 0 Å². The van der Waals surface area contributed by atoms with Gasteiger partial charge in [-0.15, -0.1) is 10.2 Å². The fourth-order valence-electron chi connectivity index (χ4n) is 2.40. The van der Waals surface area contributed by atoms with Gasteiger partial charge in [-0.3, -0.25) is 0 Å². The Morgan fingerprint density at radius 2 is 2.15 bits per heavy atom. The first-order chi connectivity index (χ1) is 9.74. The summed E-state index contributed by atoms with van der Waals surface area (Å²) in [6.07, 6.45) is 4.62. The molecule has 0 bridgehead atoms. The summed E-state index contributed by atoms with van der Waals surface area (Å²) in [6, 6.07) is 4.54. The Morgan fingerprint density at radius 1 is 1.25 bits per heavy atom. The average Bonchev–Trinajstić information content (AvgIpc) is 2.66. The Labute approximate surface area is 121 Å². The van der Waals surface area contributed by atoms with Crippen molar-refractivity contribution in [3.63, 3.8) is 0 Å². The van der Waals surface area contributed by atoms with Crippen LogP contribution in [0, 0.1) is 5.82 Å². The first kappa shape index (κ1) is 13.4. The molecule has 1 aromatic heterocycles. The van der Waals surface area contributed by atoms with Gasteiger partial charge in [-0.25, -0.2) is 4.39 Å². The van der Waals surface area contributed by atoms with Gasteiger partial charge in [0.05, 0.1) is 0 Å². The van der Waals surface area contributed by atoms with E-state index >= 15 is 0 Å². The van der Waals surface area contributed by atoms with Crippen LogP contribution in [0.3, 0.4) is 0 Å². The fourth-order valence-corrected chi connectivity index (χ4v) is 3.40. The summed E-state index contributed by atoms with van der Waals surface area (Å²) in [5.74, 6) is 1.47. The Morgan fingerprint density at radius 3 is 3.00 bits per heavy atom. The SMILES string of the molecule is Nc1cc(F)ccc1CSc1nnc2n1CCCCC2. The topological polar surface area (TPSA) is 56.7 Å². The second kappa shape index (κ2) is 5.83. The largest absolute Gasteiger partial charge is 0.398 e. The van der Waals surface area contributed by atoms with E-state index in [2.05, 4.69) is 14.8 Å². The van der Waals surface area contributed by atoms with Gasteiger partial charge in [0.2, 0.25) is 0 Å². The van der Waals surface area contributed by atoms with Crippen LogP contribution in [-0.2, 0) is 18.7 Å². The fraction of sp³-hybridized carbons (Fsp3) is 0.429. The molecule has 2 N–H and O–H groups in total. The molecule has 2 aromatic rings. The number of hydrogen-bond acceptors (Lipinski definition) is 4. The summed E-state index contributed by atoms with van der Waals surface area (Å²) in [6.45, 7) is 0.990. The van der Waals surface area contributed by atoms with Crippen molar-refractivity contribution in [2.45, 2.75) is 43.1 Å². The molecule has 0 radical (unpaired) electrons. The molecular formula is C14H17FN4S. The molecule has 1 aliphatic rings. The molecule has 3 rings (SSSR count). The van der Waals surface area contributed by atoms with E-state index in [9.17, 15) is 4.39 Å². The van der Waals surface area contributed by atoms with Crippen molar-refractivity contribution in [1.82, 2.24) is 14.8 Å². The van der Waals surface area contributed by atoms with Gasteiger partial charge in [-0.2, -0.15) is 0 Å². The molecule has 2 heterocycles. The van der Waals surface area contributed by atoms with Crippen molar-refractivity contribution in [2.75, 3.05) is 5.73 Å². The van der Waals surface area contributed by atoms with E-state index in [-0.39, 0.29) is 5.82 Å². The van der Waals surface area contributed by atoms with E-state index in [4.69, 9.17) is 5.73 Å². The van der Waals surface area contributed by atoms with Crippen LogP contribution in [-0.4, -0.2) is 14.8 Å². The van der Waals surface area contributed by atoms with Crippen LogP contribution in [0.1, 0.15) is 30.7 Å². The number of thioether (sulfide) groups is 1. The van der Waals surface area contributed by atoms with Gasteiger partial charge < -0.3 is 10.3 Å². The Balaban J connectivity index is 1.74. The lowest BCUT2D eigenvalue weighted by atomic mass is 10.2. The first-order valence-corrected chi connectivity index (χ1v) is 7.81. The highest BCUT2D eigenvalue weighted by Gasteiger charge is 2.15. The number of aromatic nitrogens is 3. The van der Waals surface area contributed by atoms with Crippen molar-refractivity contribution in [3.8, 4) is 0 Å². The number of rotatable bonds is 3. The molecule has 0 saturated heterocycles. The maximum absolute atomic E-state index is 13.0. The van der Waals surface area contributed by atoms with Crippen LogP contribution in [0.2, 0.25) is 0 Å². The second-order valence-electron chi connectivity index (χ2n) is 4.99. The highest BCUT2D eigenvalue weighted by molar-refractivity contribution is 7.98. The number of fused-ring (bicyclic) bond motifs is 1. The highest BCUT2D eigenvalue weighted by atomic mass is 32.2. The zero-order valence-corrected chi connectivity index (χ0v) is 12.0. The molecule has 106 valence electrons. The highest BCUT2D eigenvalue weighted by Crippen LogP contribution is 2.27. The number of anilines is 1. The van der Waals surface area contributed by atoms with E-state index in [0.717, 1.165) is 29.5 Å². The average molecular weight is 292 g/mol. The predicted molar refractivity (Wildman–Crippen MR) is 78.0 cm³/mol. The van der Waals surface area contributed by atoms with Gasteiger partial charge in [0, 0.05) is 24.4 Å². The normalized spacial score (nSPS) is 14.8. The number of nitrogens with two attached hydrogens (primary N) is 1. The smallest absolute Gasteiger partial charge is 0.191 e. The number of nitrogens with zero attached hydrogens (tertiary/aromatic N) is 3. The lowest BCUT2D eigenvalue weighted by molar-refractivity contribution is 0.591. The first-order valence-electron chi connectivity index (χ1n) is 6.83. The maximum Gasteiger partial charge on any atom is 0.191 e. The molecule has 6 heteroatoms. The van der Waals surface area contributed by atoms with Gasteiger partial charge in [0.25, 0.3) is 0 Å². The van der Waals surface area contributed by atoms with Gasteiger partial charge >= 0.3 is 0 Å². The minimum atomic E-state index is -0.299. The Bertz CT molecular complexity index is 611. The standard InChI is InChI=1S/C14H17FN4S/c15-11-6-5-10(12(16)8-11)9-20-14-18-17-13-4-2-1-3-7-19(13)14/h5-6,8H,1-4,7,9,16H2. The summed E-state index contributed by atoms with van der Waals surface area (Å²) in [4.78, 5) is 0. The lowest BCUT2D eigenvalue weighted by Gasteiger charge is -2.07. The molecule has 0 spiro atoms. The molecule has 0 unspecified atom stereocenters. The number of aryl methyl sites for hydroxylation is 1. The van der Waals surface area contributed by atoms with Crippen molar-refractivity contribution < 1.29 is 4.39 Å². The predicted octanol–water partition coefficient (Wildman–Crippen LogP) is 3.02. The van der Waals surface area contributed by atoms with E-state index in [1.165, 1.54) is 31.4 Å². The molecule has 20 heavy (non-hydrogen) atoms. The summed E-state index contributed by atoms with van der Waals surface area (Å²) in [5.41, 5.74) is 7.25. The summed E-state index contributed by atoms with van der Waals surface area (Å²) < 4.78 is 15.2. The molecule has 1 aromatic carbocycles. The van der Waals surface area contributed by atoms with Crippen LogP contribution in [0.25, 0.3) is 0 Å².